The Hall–Kier alpha value is -1.73. The Bertz CT molecular complexity index is 492. The minimum Gasteiger partial charge on any atom is -0.377 e. The third kappa shape index (κ3) is 2.82. The fraction of sp³-hybridized carbons (Fsp3) is 0.467. The first kappa shape index (κ1) is 13.7. The predicted molar refractivity (Wildman–Crippen MR) is 67.9 cm³/mol. The first-order chi connectivity index (χ1) is 9.17. The molecule has 19 heavy (non-hydrogen) atoms. The molecule has 0 bridgehead atoms. The normalized spacial score (nSPS) is 23.8. The number of nitriles is 1. The van der Waals surface area contributed by atoms with E-state index in [-0.39, 0.29) is 23.6 Å². The molecule has 1 aromatic carbocycles. The number of ketones is 1. The summed E-state index contributed by atoms with van der Waals surface area (Å²) in [5, 5.41) is 9.23. The van der Waals surface area contributed by atoms with Crippen LogP contribution in [-0.2, 0) is 9.53 Å². The number of carbonyl (C=O) groups is 1. The number of Topliss-reactive ketones (excluding diaryl/α,β-unsaturated/α-hetero) is 1. The molecule has 3 atom stereocenters. The van der Waals surface area contributed by atoms with Crippen molar-refractivity contribution in [3.63, 3.8) is 0 Å². The summed E-state index contributed by atoms with van der Waals surface area (Å²) in [7, 11) is 0. The predicted octanol–water partition coefficient (Wildman–Crippen LogP) is 2.82. The number of rotatable bonds is 4. The maximum atomic E-state index is 12.9. The lowest BCUT2D eigenvalue weighted by atomic mass is 9.84. The van der Waals surface area contributed by atoms with E-state index in [0.29, 0.717) is 18.6 Å². The first-order valence-corrected chi connectivity index (χ1v) is 6.47. The fourth-order valence-electron chi connectivity index (χ4n) is 2.55. The lowest BCUT2D eigenvalue weighted by Crippen LogP contribution is -2.28. The molecule has 3 nitrogen and oxygen atoms in total. The van der Waals surface area contributed by atoms with Gasteiger partial charge in [-0.15, -0.1) is 0 Å². The van der Waals surface area contributed by atoms with Gasteiger partial charge in [0.2, 0.25) is 0 Å². The summed E-state index contributed by atoms with van der Waals surface area (Å²) in [5.74, 6) is -1.54. The zero-order valence-corrected chi connectivity index (χ0v) is 10.8. The number of halogens is 1. The van der Waals surface area contributed by atoms with Crippen LogP contribution in [0.2, 0.25) is 0 Å². The maximum absolute atomic E-state index is 12.9. The van der Waals surface area contributed by atoms with Crippen molar-refractivity contribution in [3.8, 4) is 6.07 Å². The van der Waals surface area contributed by atoms with Gasteiger partial charge in [0.25, 0.3) is 0 Å². The SMILES string of the molecule is CCC1OCCC1C(=O)C(C#N)c1ccc(F)cc1. The molecule has 100 valence electrons. The van der Waals surface area contributed by atoms with E-state index in [4.69, 9.17) is 4.74 Å². The zero-order valence-electron chi connectivity index (χ0n) is 10.8. The van der Waals surface area contributed by atoms with Gasteiger partial charge >= 0.3 is 0 Å². The van der Waals surface area contributed by atoms with E-state index >= 15 is 0 Å². The van der Waals surface area contributed by atoms with E-state index < -0.39 is 5.92 Å². The summed E-state index contributed by atoms with van der Waals surface area (Å²) in [6.07, 6.45) is 1.33. The van der Waals surface area contributed by atoms with E-state index in [1.807, 2.05) is 13.0 Å². The summed E-state index contributed by atoms with van der Waals surface area (Å²) < 4.78 is 18.4. The molecule has 4 heteroatoms. The van der Waals surface area contributed by atoms with Crippen molar-refractivity contribution in [2.75, 3.05) is 6.61 Å². The lowest BCUT2D eigenvalue weighted by molar-refractivity contribution is -0.124. The first-order valence-electron chi connectivity index (χ1n) is 6.47. The third-order valence-corrected chi connectivity index (χ3v) is 3.59. The van der Waals surface area contributed by atoms with Gasteiger partial charge in [-0.1, -0.05) is 19.1 Å². The summed E-state index contributed by atoms with van der Waals surface area (Å²) in [6, 6.07) is 7.57. The van der Waals surface area contributed by atoms with Crippen LogP contribution in [-0.4, -0.2) is 18.5 Å². The highest BCUT2D eigenvalue weighted by molar-refractivity contribution is 5.91. The molecule has 1 heterocycles. The van der Waals surface area contributed by atoms with Gasteiger partial charge in [0, 0.05) is 12.5 Å². The van der Waals surface area contributed by atoms with E-state index in [2.05, 4.69) is 0 Å². The fourth-order valence-corrected chi connectivity index (χ4v) is 2.55. The highest BCUT2D eigenvalue weighted by Gasteiger charge is 2.37. The molecule has 0 saturated carbocycles. The quantitative estimate of drug-likeness (QED) is 0.837. The van der Waals surface area contributed by atoms with Crippen molar-refractivity contribution in [1.82, 2.24) is 0 Å². The van der Waals surface area contributed by atoms with Gasteiger partial charge in [-0.2, -0.15) is 5.26 Å². The Labute approximate surface area is 112 Å². The molecule has 1 fully saturated rings. The minimum absolute atomic E-state index is 0.0937. The monoisotopic (exact) mass is 261 g/mol. The zero-order chi connectivity index (χ0) is 13.8. The lowest BCUT2D eigenvalue weighted by Gasteiger charge is -2.18. The molecule has 0 spiro atoms. The van der Waals surface area contributed by atoms with Crippen LogP contribution < -0.4 is 0 Å². The molecular weight excluding hydrogens is 245 g/mol. The van der Waals surface area contributed by atoms with Gasteiger partial charge in [-0.3, -0.25) is 4.79 Å². The van der Waals surface area contributed by atoms with Crippen LogP contribution >= 0.6 is 0 Å². The number of nitrogens with zero attached hydrogens (tertiary/aromatic N) is 1. The van der Waals surface area contributed by atoms with E-state index in [1.54, 1.807) is 0 Å². The van der Waals surface area contributed by atoms with Crippen LogP contribution in [0.15, 0.2) is 24.3 Å². The second-order valence-corrected chi connectivity index (χ2v) is 4.73. The molecule has 0 N–H and O–H groups in total. The van der Waals surface area contributed by atoms with Crippen molar-refractivity contribution >= 4 is 5.78 Å². The number of hydrogen-bond donors (Lipinski definition) is 0. The standard InChI is InChI=1S/C15H16FNO2/c1-2-14-12(7-8-19-14)15(18)13(9-17)10-3-5-11(16)6-4-10/h3-6,12-14H,2,7-8H2,1H3. The second kappa shape index (κ2) is 5.94. The van der Waals surface area contributed by atoms with Gasteiger partial charge < -0.3 is 4.74 Å². The van der Waals surface area contributed by atoms with Crippen LogP contribution in [0.4, 0.5) is 4.39 Å². The molecule has 1 saturated heterocycles. The number of carbonyl (C=O) groups excluding carboxylic acids is 1. The molecular formula is C15H16FNO2. The van der Waals surface area contributed by atoms with Crippen LogP contribution in [0, 0.1) is 23.1 Å². The van der Waals surface area contributed by atoms with Crippen molar-refractivity contribution in [2.45, 2.75) is 31.8 Å². The largest absolute Gasteiger partial charge is 0.377 e. The number of hydrogen-bond acceptors (Lipinski definition) is 3. The Morgan fingerprint density at radius 1 is 1.53 bits per heavy atom. The summed E-state index contributed by atoms with van der Waals surface area (Å²) in [4.78, 5) is 12.4. The average molecular weight is 261 g/mol. The minimum atomic E-state index is -0.832. The number of benzene rings is 1. The molecule has 1 aromatic rings. The van der Waals surface area contributed by atoms with E-state index in [9.17, 15) is 14.4 Å². The van der Waals surface area contributed by atoms with Crippen LogP contribution in [0.1, 0.15) is 31.2 Å². The second-order valence-electron chi connectivity index (χ2n) is 4.73. The Morgan fingerprint density at radius 3 is 2.79 bits per heavy atom. The van der Waals surface area contributed by atoms with Gasteiger partial charge in [0.05, 0.1) is 12.2 Å². The van der Waals surface area contributed by atoms with Gasteiger partial charge in [0.1, 0.15) is 11.7 Å². The molecule has 1 aliphatic rings. The van der Waals surface area contributed by atoms with Crippen molar-refractivity contribution in [1.29, 1.82) is 5.26 Å². The van der Waals surface area contributed by atoms with Gasteiger partial charge in [0.15, 0.2) is 5.78 Å². The van der Waals surface area contributed by atoms with Crippen LogP contribution in [0.25, 0.3) is 0 Å². The molecule has 0 amide bonds. The molecule has 0 aliphatic carbocycles. The van der Waals surface area contributed by atoms with Crippen LogP contribution in [0.3, 0.4) is 0 Å². The van der Waals surface area contributed by atoms with Gasteiger partial charge in [-0.05, 0) is 30.5 Å². The highest BCUT2D eigenvalue weighted by atomic mass is 19.1. The topological polar surface area (TPSA) is 50.1 Å². The van der Waals surface area contributed by atoms with Crippen molar-refractivity contribution in [2.24, 2.45) is 5.92 Å². The molecule has 2 rings (SSSR count). The summed E-state index contributed by atoms with van der Waals surface area (Å²) in [5.41, 5.74) is 0.552. The summed E-state index contributed by atoms with van der Waals surface area (Å²) >= 11 is 0. The average Bonchev–Trinajstić information content (AvgIpc) is 2.90. The third-order valence-electron chi connectivity index (χ3n) is 3.59. The van der Waals surface area contributed by atoms with E-state index in [0.717, 1.165) is 6.42 Å². The van der Waals surface area contributed by atoms with Crippen molar-refractivity contribution in [3.05, 3.63) is 35.6 Å². The molecule has 1 aliphatic heterocycles. The Balaban J connectivity index is 2.20. The maximum Gasteiger partial charge on any atom is 0.160 e. The van der Waals surface area contributed by atoms with Gasteiger partial charge in [-0.25, -0.2) is 4.39 Å². The Kier molecular flexibility index (Phi) is 4.28. The van der Waals surface area contributed by atoms with E-state index in [1.165, 1.54) is 24.3 Å². The molecule has 0 aromatic heterocycles. The molecule has 3 unspecified atom stereocenters. The van der Waals surface area contributed by atoms with Crippen molar-refractivity contribution < 1.29 is 13.9 Å². The summed E-state index contributed by atoms with van der Waals surface area (Å²) in [6.45, 7) is 2.53. The molecule has 0 radical (unpaired) electrons. The Morgan fingerprint density at radius 2 is 2.21 bits per heavy atom. The highest BCUT2D eigenvalue weighted by Crippen LogP contribution is 2.30. The number of ether oxygens (including phenoxy) is 1. The van der Waals surface area contributed by atoms with Crippen LogP contribution in [0.5, 0.6) is 0 Å². The smallest absolute Gasteiger partial charge is 0.160 e.